The van der Waals surface area contributed by atoms with Crippen molar-refractivity contribution in [3.05, 3.63) is 58.8 Å². The average Bonchev–Trinajstić information content (AvgIpc) is 3.44. The van der Waals surface area contributed by atoms with Crippen molar-refractivity contribution in [1.29, 1.82) is 0 Å². The number of aromatic amines is 1. The molecule has 0 unspecified atom stereocenters. The molecule has 5 rings (SSSR count). The van der Waals surface area contributed by atoms with Crippen LogP contribution in [0.15, 0.2) is 57.0 Å². The highest BCUT2D eigenvalue weighted by molar-refractivity contribution is 7.99. The van der Waals surface area contributed by atoms with E-state index < -0.39 is 0 Å². The van der Waals surface area contributed by atoms with Gasteiger partial charge in [-0.2, -0.15) is 0 Å². The van der Waals surface area contributed by atoms with Gasteiger partial charge in [-0.05, 0) is 44.0 Å². The number of para-hydroxylation sites is 1. The topological polar surface area (TPSA) is 89.6 Å². The molecule has 154 valence electrons. The van der Waals surface area contributed by atoms with Crippen molar-refractivity contribution in [2.75, 3.05) is 0 Å². The first kappa shape index (κ1) is 19.1. The van der Waals surface area contributed by atoms with E-state index in [-0.39, 0.29) is 10.8 Å². The second kappa shape index (κ2) is 8.10. The van der Waals surface area contributed by atoms with E-state index in [4.69, 9.17) is 4.42 Å². The Bertz CT molecular complexity index is 1210. The van der Waals surface area contributed by atoms with Gasteiger partial charge in [-0.15, -0.1) is 10.2 Å². The van der Waals surface area contributed by atoms with Crippen LogP contribution in [-0.2, 0) is 0 Å². The van der Waals surface area contributed by atoms with Crippen LogP contribution in [0.5, 0.6) is 0 Å². The minimum atomic E-state index is -0.118. The summed E-state index contributed by atoms with van der Waals surface area (Å²) in [4.78, 5) is 20.1. The average molecular weight is 422 g/mol. The zero-order chi connectivity index (χ0) is 20.5. The first-order valence-corrected chi connectivity index (χ1v) is 11.2. The number of benzene rings is 1. The fourth-order valence-corrected chi connectivity index (χ4v) is 5.09. The number of rotatable bonds is 5. The SMILES string of the molecule is C[C@@H](Sc1nnc(-c2ccco2)n1C1CCCCC1)c1nc2ccccc2c(=O)[nH]1. The molecule has 1 aliphatic carbocycles. The van der Waals surface area contributed by atoms with Crippen LogP contribution in [-0.4, -0.2) is 24.7 Å². The quantitative estimate of drug-likeness (QED) is 0.449. The molecule has 30 heavy (non-hydrogen) atoms. The molecule has 7 nitrogen and oxygen atoms in total. The molecule has 0 aliphatic heterocycles. The van der Waals surface area contributed by atoms with E-state index in [1.807, 2.05) is 37.3 Å². The van der Waals surface area contributed by atoms with Crippen molar-refractivity contribution >= 4 is 22.7 Å². The molecule has 1 atom stereocenters. The Labute approximate surface area is 177 Å². The lowest BCUT2D eigenvalue weighted by Gasteiger charge is -2.25. The van der Waals surface area contributed by atoms with Crippen LogP contribution >= 0.6 is 11.8 Å². The number of nitrogens with zero attached hydrogens (tertiary/aromatic N) is 4. The van der Waals surface area contributed by atoms with Crippen LogP contribution in [0.4, 0.5) is 0 Å². The first-order chi connectivity index (χ1) is 14.7. The number of hydrogen-bond acceptors (Lipinski definition) is 6. The molecule has 0 amide bonds. The Balaban J connectivity index is 1.50. The van der Waals surface area contributed by atoms with Crippen LogP contribution < -0.4 is 5.56 Å². The zero-order valence-corrected chi connectivity index (χ0v) is 17.6. The number of aromatic nitrogens is 5. The fraction of sp³-hybridized carbons (Fsp3) is 0.364. The van der Waals surface area contributed by atoms with Crippen LogP contribution in [0.3, 0.4) is 0 Å². The summed E-state index contributed by atoms with van der Waals surface area (Å²) in [5, 5.41) is 10.3. The van der Waals surface area contributed by atoms with Gasteiger partial charge in [0, 0.05) is 6.04 Å². The Morgan fingerprint density at radius 3 is 2.77 bits per heavy atom. The molecule has 8 heteroatoms. The zero-order valence-electron chi connectivity index (χ0n) is 16.7. The summed E-state index contributed by atoms with van der Waals surface area (Å²) >= 11 is 1.57. The van der Waals surface area contributed by atoms with Crippen molar-refractivity contribution in [3.63, 3.8) is 0 Å². The van der Waals surface area contributed by atoms with Gasteiger partial charge in [0.15, 0.2) is 10.9 Å². The van der Waals surface area contributed by atoms with E-state index in [2.05, 4.69) is 24.7 Å². The standard InChI is InChI=1S/C22H23N5O2S/c1-14(19-23-17-11-6-5-10-16(17)21(28)24-19)30-22-26-25-20(18-12-7-13-29-18)27(22)15-8-3-2-4-9-15/h5-7,10-15H,2-4,8-9H2,1H3,(H,23,24,28)/t14-/m1/s1. The highest BCUT2D eigenvalue weighted by Gasteiger charge is 2.26. The van der Waals surface area contributed by atoms with Crippen LogP contribution in [0, 0.1) is 0 Å². The maximum absolute atomic E-state index is 12.5. The number of fused-ring (bicyclic) bond motifs is 1. The summed E-state index contributed by atoms with van der Waals surface area (Å²) in [6, 6.07) is 11.5. The Morgan fingerprint density at radius 1 is 1.13 bits per heavy atom. The molecule has 0 saturated heterocycles. The van der Waals surface area contributed by atoms with Gasteiger partial charge in [0.05, 0.1) is 22.4 Å². The van der Waals surface area contributed by atoms with E-state index >= 15 is 0 Å². The van der Waals surface area contributed by atoms with Gasteiger partial charge in [0.25, 0.3) is 5.56 Å². The third-order valence-corrected chi connectivity index (χ3v) is 6.71. The van der Waals surface area contributed by atoms with Crippen molar-refractivity contribution in [2.45, 2.75) is 55.5 Å². The molecule has 1 aliphatic rings. The summed E-state index contributed by atoms with van der Waals surface area (Å²) in [5.74, 6) is 2.13. The summed E-state index contributed by atoms with van der Waals surface area (Å²) in [7, 11) is 0. The van der Waals surface area contributed by atoms with E-state index in [9.17, 15) is 4.79 Å². The molecule has 0 spiro atoms. The number of thioether (sulfide) groups is 1. The second-order valence-electron chi connectivity index (χ2n) is 7.67. The van der Waals surface area contributed by atoms with Crippen molar-refractivity contribution < 1.29 is 4.42 Å². The van der Waals surface area contributed by atoms with Gasteiger partial charge < -0.3 is 9.40 Å². The van der Waals surface area contributed by atoms with Crippen LogP contribution in [0.1, 0.15) is 56.1 Å². The summed E-state index contributed by atoms with van der Waals surface area (Å²) in [6.07, 6.45) is 7.57. The summed E-state index contributed by atoms with van der Waals surface area (Å²) in [6.45, 7) is 2.03. The van der Waals surface area contributed by atoms with Gasteiger partial charge in [0.2, 0.25) is 5.82 Å². The Morgan fingerprint density at radius 2 is 1.97 bits per heavy atom. The third kappa shape index (κ3) is 3.56. The monoisotopic (exact) mass is 421 g/mol. The van der Waals surface area contributed by atoms with E-state index in [0.717, 1.165) is 29.6 Å². The van der Waals surface area contributed by atoms with Gasteiger partial charge in [-0.3, -0.25) is 9.36 Å². The maximum atomic E-state index is 12.5. The lowest BCUT2D eigenvalue weighted by Crippen LogP contribution is -2.16. The predicted octanol–water partition coefficient (Wildman–Crippen LogP) is 5.13. The molecule has 3 aromatic heterocycles. The van der Waals surface area contributed by atoms with Gasteiger partial charge >= 0.3 is 0 Å². The molecule has 1 N–H and O–H groups in total. The summed E-state index contributed by atoms with van der Waals surface area (Å²) in [5.41, 5.74) is 0.585. The van der Waals surface area contributed by atoms with Gasteiger partial charge in [-0.1, -0.05) is 43.2 Å². The van der Waals surface area contributed by atoms with Gasteiger partial charge in [0.1, 0.15) is 5.82 Å². The molecule has 0 radical (unpaired) electrons. The third-order valence-electron chi connectivity index (χ3n) is 5.64. The van der Waals surface area contributed by atoms with Crippen molar-refractivity contribution in [2.24, 2.45) is 0 Å². The number of hydrogen-bond donors (Lipinski definition) is 1. The number of H-pyrrole nitrogens is 1. The maximum Gasteiger partial charge on any atom is 0.258 e. The fourth-order valence-electron chi connectivity index (χ4n) is 4.11. The summed E-state index contributed by atoms with van der Waals surface area (Å²) < 4.78 is 7.85. The van der Waals surface area contributed by atoms with E-state index in [0.29, 0.717) is 22.8 Å². The molecule has 1 aromatic carbocycles. The van der Waals surface area contributed by atoms with Crippen LogP contribution in [0.25, 0.3) is 22.5 Å². The Hall–Kier alpha value is -2.87. The molecule has 1 fully saturated rings. The predicted molar refractivity (Wildman–Crippen MR) is 116 cm³/mol. The lowest BCUT2D eigenvalue weighted by atomic mass is 9.95. The first-order valence-electron chi connectivity index (χ1n) is 10.3. The molecule has 1 saturated carbocycles. The smallest absolute Gasteiger partial charge is 0.258 e. The second-order valence-corrected chi connectivity index (χ2v) is 8.98. The van der Waals surface area contributed by atoms with Crippen molar-refractivity contribution in [1.82, 2.24) is 24.7 Å². The normalized spacial score (nSPS) is 16.2. The molecular formula is C22H23N5O2S. The molecule has 3 heterocycles. The minimum absolute atomic E-state index is 0.0849. The van der Waals surface area contributed by atoms with E-state index in [1.165, 1.54) is 19.3 Å². The minimum Gasteiger partial charge on any atom is -0.461 e. The number of nitrogens with one attached hydrogen (secondary N) is 1. The number of furan rings is 1. The lowest BCUT2D eigenvalue weighted by molar-refractivity contribution is 0.337. The largest absolute Gasteiger partial charge is 0.461 e. The molecule has 4 aromatic rings. The van der Waals surface area contributed by atoms with Gasteiger partial charge in [-0.25, -0.2) is 4.98 Å². The highest BCUT2D eigenvalue weighted by atomic mass is 32.2. The van der Waals surface area contributed by atoms with Crippen LogP contribution in [0.2, 0.25) is 0 Å². The highest BCUT2D eigenvalue weighted by Crippen LogP contribution is 2.39. The Kier molecular flexibility index (Phi) is 5.16. The van der Waals surface area contributed by atoms with Crippen molar-refractivity contribution in [3.8, 4) is 11.6 Å². The van der Waals surface area contributed by atoms with E-state index in [1.54, 1.807) is 24.1 Å². The molecule has 0 bridgehead atoms. The molecular weight excluding hydrogens is 398 g/mol.